The lowest BCUT2D eigenvalue weighted by atomic mass is 10.2. The highest BCUT2D eigenvalue weighted by Gasteiger charge is 2.35. The maximum atomic E-state index is 13.1. The van der Waals surface area contributed by atoms with Gasteiger partial charge in [0.2, 0.25) is 0 Å². The summed E-state index contributed by atoms with van der Waals surface area (Å²) >= 11 is 1.31. The molecule has 7 heteroatoms. The summed E-state index contributed by atoms with van der Waals surface area (Å²) in [5, 5.41) is 0. The van der Waals surface area contributed by atoms with Crippen LogP contribution >= 0.6 is 11.8 Å². The quantitative estimate of drug-likeness (QED) is 0.840. The number of amides is 1. The summed E-state index contributed by atoms with van der Waals surface area (Å²) in [5.74, 6) is -0.477. The maximum Gasteiger partial charge on any atom is 0.268 e. The van der Waals surface area contributed by atoms with E-state index < -0.39 is 15.9 Å². The molecule has 0 spiro atoms. The summed E-state index contributed by atoms with van der Waals surface area (Å²) in [6.07, 6.45) is 0. The van der Waals surface area contributed by atoms with Crippen LogP contribution in [0.25, 0.3) is 0 Å². The zero-order valence-corrected chi connectivity index (χ0v) is 15.1. The lowest BCUT2D eigenvalue weighted by molar-refractivity contribution is 0.0851. The zero-order chi connectivity index (χ0) is 17.3. The number of sulfonamides is 1. The molecule has 0 bridgehead atoms. The van der Waals surface area contributed by atoms with Gasteiger partial charge in [0.25, 0.3) is 15.9 Å². The molecule has 1 amide bonds. The SMILES string of the molecule is CN(C)CCN1C(=O)c2ccccc2Sc2ccccc2S1(=O)=O. The van der Waals surface area contributed by atoms with Gasteiger partial charge in [-0.15, -0.1) is 0 Å². The molecule has 24 heavy (non-hydrogen) atoms. The van der Waals surface area contributed by atoms with E-state index in [-0.39, 0.29) is 11.4 Å². The average molecular weight is 362 g/mol. The average Bonchev–Trinajstić information content (AvgIpc) is 2.54. The number of hydrogen-bond donors (Lipinski definition) is 0. The minimum absolute atomic E-state index is 0.113. The van der Waals surface area contributed by atoms with Crippen molar-refractivity contribution in [2.45, 2.75) is 14.7 Å². The third-order valence-corrected chi connectivity index (χ3v) is 6.85. The molecule has 0 atom stereocenters. The van der Waals surface area contributed by atoms with Gasteiger partial charge in [0, 0.05) is 16.3 Å². The summed E-state index contributed by atoms with van der Waals surface area (Å²) in [5.41, 5.74) is 0.416. The molecule has 126 valence electrons. The number of carbonyl (C=O) groups is 1. The molecule has 0 aromatic heterocycles. The van der Waals surface area contributed by atoms with E-state index in [1.54, 1.807) is 36.4 Å². The molecule has 0 saturated carbocycles. The van der Waals surface area contributed by atoms with E-state index in [4.69, 9.17) is 0 Å². The minimum Gasteiger partial charge on any atom is -0.308 e. The van der Waals surface area contributed by atoms with Gasteiger partial charge < -0.3 is 4.90 Å². The molecule has 0 unspecified atom stereocenters. The Morgan fingerprint density at radius 2 is 1.62 bits per heavy atom. The molecule has 3 rings (SSSR count). The fraction of sp³-hybridized carbons (Fsp3) is 0.235. The van der Waals surface area contributed by atoms with Gasteiger partial charge in [0.15, 0.2) is 0 Å². The molecule has 0 aliphatic carbocycles. The van der Waals surface area contributed by atoms with Crippen molar-refractivity contribution in [3.05, 3.63) is 54.1 Å². The van der Waals surface area contributed by atoms with Crippen molar-refractivity contribution in [1.82, 2.24) is 9.21 Å². The third kappa shape index (κ3) is 3.07. The number of carbonyl (C=O) groups excluding carboxylic acids is 1. The molecule has 0 saturated heterocycles. The predicted octanol–water partition coefficient (Wildman–Crippen LogP) is 2.54. The summed E-state index contributed by atoms with van der Waals surface area (Å²) < 4.78 is 27.2. The fourth-order valence-corrected chi connectivity index (χ4v) is 5.33. The Balaban J connectivity index is 2.20. The number of fused-ring (bicyclic) bond motifs is 2. The van der Waals surface area contributed by atoms with Crippen LogP contribution in [0.4, 0.5) is 0 Å². The standard InChI is InChI=1S/C17H18N2O3S2/c1-18(2)11-12-19-17(20)13-7-3-4-8-14(13)23-15-9-5-6-10-16(15)24(19,21)22/h3-10H,11-12H2,1-2H3. The van der Waals surface area contributed by atoms with Crippen molar-refractivity contribution < 1.29 is 13.2 Å². The van der Waals surface area contributed by atoms with Gasteiger partial charge >= 0.3 is 0 Å². The van der Waals surface area contributed by atoms with Crippen LogP contribution in [0.1, 0.15) is 10.4 Å². The van der Waals surface area contributed by atoms with Crippen molar-refractivity contribution in [2.24, 2.45) is 0 Å². The third-order valence-electron chi connectivity index (χ3n) is 3.73. The molecule has 1 heterocycles. The van der Waals surface area contributed by atoms with Crippen LogP contribution in [0.2, 0.25) is 0 Å². The van der Waals surface area contributed by atoms with Crippen LogP contribution in [0, 0.1) is 0 Å². The molecular weight excluding hydrogens is 344 g/mol. The second-order valence-electron chi connectivity index (χ2n) is 5.73. The first-order valence-corrected chi connectivity index (χ1v) is 9.74. The van der Waals surface area contributed by atoms with Crippen LogP contribution in [0.3, 0.4) is 0 Å². The molecular formula is C17H18N2O3S2. The number of likely N-dealkylation sites (N-methyl/N-ethyl adjacent to an activating group) is 1. The molecule has 2 aromatic carbocycles. The highest BCUT2D eigenvalue weighted by Crippen LogP contribution is 2.38. The first kappa shape index (κ1) is 17.0. The van der Waals surface area contributed by atoms with Crippen LogP contribution in [0.15, 0.2) is 63.2 Å². The van der Waals surface area contributed by atoms with E-state index in [2.05, 4.69) is 0 Å². The van der Waals surface area contributed by atoms with Crippen LogP contribution in [-0.4, -0.2) is 50.7 Å². The molecule has 0 radical (unpaired) electrons. The van der Waals surface area contributed by atoms with Crippen molar-refractivity contribution in [2.75, 3.05) is 27.2 Å². The smallest absolute Gasteiger partial charge is 0.268 e. The van der Waals surface area contributed by atoms with Crippen molar-refractivity contribution in [1.29, 1.82) is 0 Å². The van der Waals surface area contributed by atoms with Gasteiger partial charge in [-0.25, -0.2) is 12.7 Å². The van der Waals surface area contributed by atoms with E-state index >= 15 is 0 Å². The fourth-order valence-electron chi connectivity index (χ4n) is 2.47. The Hall–Kier alpha value is -1.83. The molecule has 0 fully saturated rings. The normalized spacial score (nSPS) is 16.3. The Kier molecular flexibility index (Phi) is 4.67. The molecule has 1 aliphatic heterocycles. The van der Waals surface area contributed by atoms with E-state index in [9.17, 15) is 13.2 Å². The predicted molar refractivity (Wildman–Crippen MR) is 93.8 cm³/mol. The second-order valence-corrected chi connectivity index (χ2v) is 8.65. The summed E-state index contributed by atoms with van der Waals surface area (Å²) in [6.45, 7) is 0.573. The number of benzene rings is 2. The summed E-state index contributed by atoms with van der Waals surface area (Å²) in [6, 6.07) is 13.9. The van der Waals surface area contributed by atoms with Crippen LogP contribution < -0.4 is 0 Å². The first-order valence-electron chi connectivity index (χ1n) is 7.49. The van der Waals surface area contributed by atoms with Gasteiger partial charge in [-0.3, -0.25) is 4.79 Å². The maximum absolute atomic E-state index is 13.1. The Bertz CT molecular complexity index is 879. The second kappa shape index (κ2) is 6.58. The first-order chi connectivity index (χ1) is 11.4. The van der Waals surface area contributed by atoms with E-state index in [1.165, 1.54) is 11.8 Å². The highest BCUT2D eigenvalue weighted by atomic mass is 32.2. The molecule has 1 aliphatic rings. The van der Waals surface area contributed by atoms with Crippen LogP contribution in [0.5, 0.6) is 0 Å². The van der Waals surface area contributed by atoms with Gasteiger partial charge in [-0.2, -0.15) is 0 Å². The summed E-state index contributed by atoms with van der Waals surface area (Å²) in [7, 11) is -0.202. The van der Waals surface area contributed by atoms with Crippen molar-refractivity contribution >= 4 is 27.7 Å². The van der Waals surface area contributed by atoms with Gasteiger partial charge in [0.1, 0.15) is 4.90 Å². The lowest BCUT2D eigenvalue weighted by Gasteiger charge is -2.27. The minimum atomic E-state index is -3.89. The highest BCUT2D eigenvalue weighted by molar-refractivity contribution is 8.00. The number of rotatable bonds is 3. The number of hydrogen-bond acceptors (Lipinski definition) is 5. The Labute approximate surface area is 146 Å². The van der Waals surface area contributed by atoms with Crippen molar-refractivity contribution in [3.8, 4) is 0 Å². The lowest BCUT2D eigenvalue weighted by Crippen LogP contribution is -2.42. The largest absolute Gasteiger partial charge is 0.308 e. The zero-order valence-electron chi connectivity index (χ0n) is 13.5. The molecule has 0 N–H and O–H groups in total. The molecule has 2 aromatic rings. The van der Waals surface area contributed by atoms with Gasteiger partial charge in [-0.1, -0.05) is 36.0 Å². The van der Waals surface area contributed by atoms with Gasteiger partial charge in [-0.05, 0) is 38.4 Å². The van der Waals surface area contributed by atoms with Crippen molar-refractivity contribution in [3.63, 3.8) is 0 Å². The number of nitrogens with zero attached hydrogens (tertiary/aromatic N) is 2. The van der Waals surface area contributed by atoms with Gasteiger partial charge in [0.05, 0.1) is 12.1 Å². The summed E-state index contributed by atoms with van der Waals surface area (Å²) in [4.78, 5) is 16.4. The Morgan fingerprint density at radius 1 is 1.00 bits per heavy atom. The van der Waals surface area contributed by atoms with E-state index in [0.717, 1.165) is 9.20 Å². The van der Waals surface area contributed by atoms with Crippen LogP contribution in [-0.2, 0) is 10.0 Å². The molecule has 5 nitrogen and oxygen atoms in total. The topological polar surface area (TPSA) is 57.7 Å². The van der Waals surface area contributed by atoms with E-state index in [1.807, 2.05) is 31.1 Å². The van der Waals surface area contributed by atoms with E-state index in [0.29, 0.717) is 17.0 Å². The monoisotopic (exact) mass is 362 g/mol. The Morgan fingerprint density at radius 3 is 2.33 bits per heavy atom.